The first-order chi connectivity index (χ1) is 9.78. The average Bonchev–Trinajstić information content (AvgIpc) is 3.11. The Morgan fingerprint density at radius 1 is 1.40 bits per heavy atom. The van der Waals surface area contributed by atoms with Crippen LogP contribution >= 0.6 is 11.8 Å². The molecule has 0 amide bonds. The third-order valence-corrected chi connectivity index (χ3v) is 4.69. The van der Waals surface area contributed by atoms with Gasteiger partial charge in [0, 0.05) is 22.4 Å². The lowest BCUT2D eigenvalue weighted by Crippen LogP contribution is -2.20. The highest BCUT2D eigenvalue weighted by Crippen LogP contribution is 2.43. The quantitative estimate of drug-likeness (QED) is 0.846. The molecule has 1 aromatic carbocycles. The van der Waals surface area contributed by atoms with Crippen LogP contribution in [-0.4, -0.2) is 30.3 Å². The standard InChI is InChI=1S/C15H14N2O2S/c1-9-13(17-5-4-16-15(17)20-9)11-7-10-3-6-19-14(10)12(8-11)18-2/h3,6-8H,4-5H2,1-2H3. The lowest BCUT2D eigenvalue weighted by molar-refractivity contribution is 0.410. The fourth-order valence-electron chi connectivity index (χ4n) is 2.79. The molecule has 0 fully saturated rings. The number of hydrogen-bond donors (Lipinski definition) is 0. The average molecular weight is 286 g/mol. The zero-order valence-corrected chi connectivity index (χ0v) is 12.2. The van der Waals surface area contributed by atoms with Crippen molar-refractivity contribution < 1.29 is 9.15 Å². The van der Waals surface area contributed by atoms with E-state index in [9.17, 15) is 0 Å². The molecule has 0 spiro atoms. The van der Waals surface area contributed by atoms with Crippen molar-refractivity contribution in [2.45, 2.75) is 6.92 Å². The van der Waals surface area contributed by atoms with Crippen molar-refractivity contribution in [1.29, 1.82) is 0 Å². The van der Waals surface area contributed by atoms with Gasteiger partial charge in [0.25, 0.3) is 0 Å². The molecule has 20 heavy (non-hydrogen) atoms. The number of benzene rings is 1. The molecule has 4 nitrogen and oxygen atoms in total. The van der Waals surface area contributed by atoms with Crippen molar-refractivity contribution in [3.63, 3.8) is 0 Å². The minimum absolute atomic E-state index is 0.775. The van der Waals surface area contributed by atoms with Gasteiger partial charge in [-0.25, -0.2) is 0 Å². The molecule has 102 valence electrons. The van der Waals surface area contributed by atoms with Gasteiger partial charge in [0.15, 0.2) is 16.5 Å². The van der Waals surface area contributed by atoms with Crippen LogP contribution in [0.25, 0.3) is 16.7 Å². The van der Waals surface area contributed by atoms with E-state index in [1.807, 2.05) is 12.1 Å². The predicted molar refractivity (Wildman–Crippen MR) is 82.0 cm³/mol. The van der Waals surface area contributed by atoms with Crippen molar-refractivity contribution in [3.8, 4) is 5.75 Å². The second-order valence-electron chi connectivity index (χ2n) is 4.84. The molecule has 0 N–H and O–H groups in total. The maximum atomic E-state index is 5.49. The van der Waals surface area contributed by atoms with E-state index in [0.29, 0.717) is 0 Å². The van der Waals surface area contributed by atoms with E-state index in [1.54, 1.807) is 25.1 Å². The maximum absolute atomic E-state index is 5.49. The molecule has 2 aliphatic rings. The summed E-state index contributed by atoms with van der Waals surface area (Å²) < 4.78 is 10.9. The first-order valence-corrected chi connectivity index (χ1v) is 7.36. The molecule has 3 heterocycles. The molecule has 4 rings (SSSR count). The number of aliphatic imine (C=N–C) groups is 1. The van der Waals surface area contributed by atoms with Gasteiger partial charge in [0.05, 0.1) is 25.6 Å². The van der Waals surface area contributed by atoms with Gasteiger partial charge < -0.3 is 14.1 Å². The van der Waals surface area contributed by atoms with E-state index < -0.39 is 0 Å². The van der Waals surface area contributed by atoms with E-state index >= 15 is 0 Å². The Morgan fingerprint density at radius 3 is 3.15 bits per heavy atom. The van der Waals surface area contributed by atoms with Crippen LogP contribution in [-0.2, 0) is 0 Å². The molecular formula is C15H14N2O2S. The summed E-state index contributed by atoms with van der Waals surface area (Å²) in [5.41, 5.74) is 3.20. The summed E-state index contributed by atoms with van der Waals surface area (Å²) in [5.74, 6) is 0.775. The van der Waals surface area contributed by atoms with Crippen molar-refractivity contribution >= 4 is 33.6 Å². The largest absolute Gasteiger partial charge is 0.493 e. The molecule has 0 saturated carbocycles. The second kappa shape index (κ2) is 4.31. The highest BCUT2D eigenvalue weighted by molar-refractivity contribution is 8.17. The van der Waals surface area contributed by atoms with E-state index in [-0.39, 0.29) is 0 Å². The van der Waals surface area contributed by atoms with Crippen LogP contribution < -0.4 is 4.74 Å². The van der Waals surface area contributed by atoms with Crippen LogP contribution in [0.2, 0.25) is 0 Å². The van der Waals surface area contributed by atoms with E-state index in [2.05, 4.69) is 22.9 Å². The molecule has 2 aromatic rings. The fraction of sp³-hybridized carbons (Fsp3) is 0.267. The number of amidine groups is 1. The van der Waals surface area contributed by atoms with Crippen molar-refractivity contribution in [2.75, 3.05) is 20.2 Å². The van der Waals surface area contributed by atoms with Gasteiger partial charge in [-0.15, -0.1) is 0 Å². The van der Waals surface area contributed by atoms with Gasteiger partial charge in [-0.2, -0.15) is 0 Å². The zero-order chi connectivity index (χ0) is 13.7. The molecule has 2 aliphatic heterocycles. The van der Waals surface area contributed by atoms with Crippen LogP contribution in [0.1, 0.15) is 12.5 Å². The first-order valence-electron chi connectivity index (χ1n) is 6.54. The third kappa shape index (κ3) is 1.59. The van der Waals surface area contributed by atoms with Gasteiger partial charge >= 0.3 is 0 Å². The minimum atomic E-state index is 0.775. The summed E-state index contributed by atoms with van der Waals surface area (Å²) in [4.78, 5) is 8.11. The number of fused-ring (bicyclic) bond motifs is 2. The molecule has 5 heteroatoms. The van der Waals surface area contributed by atoms with Crippen LogP contribution in [0, 0.1) is 0 Å². The van der Waals surface area contributed by atoms with Crippen molar-refractivity contribution in [1.82, 2.24) is 4.90 Å². The SMILES string of the molecule is COc1cc(C2=C(C)SC3=NCCN32)cc2ccoc12. The number of rotatable bonds is 2. The summed E-state index contributed by atoms with van der Waals surface area (Å²) in [6.07, 6.45) is 1.70. The second-order valence-corrected chi connectivity index (χ2v) is 6.02. The van der Waals surface area contributed by atoms with Gasteiger partial charge in [-0.3, -0.25) is 4.99 Å². The lowest BCUT2D eigenvalue weighted by atomic mass is 10.1. The van der Waals surface area contributed by atoms with Crippen LogP contribution in [0.4, 0.5) is 0 Å². The highest BCUT2D eigenvalue weighted by Gasteiger charge is 2.31. The summed E-state index contributed by atoms with van der Waals surface area (Å²) >= 11 is 1.75. The minimum Gasteiger partial charge on any atom is -0.493 e. The van der Waals surface area contributed by atoms with Crippen molar-refractivity contribution in [2.24, 2.45) is 4.99 Å². The first kappa shape index (κ1) is 11.9. The number of ether oxygens (including phenoxy) is 1. The van der Waals surface area contributed by atoms with Gasteiger partial charge in [-0.05, 0) is 25.1 Å². The number of nitrogens with zero attached hydrogens (tertiary/aromatic N) is 2. The molecule has 0 atom stereocenters. The predicted octanol–water partition coefficient (Wildman–Crippen LogP) is 3.55. The summed E-state index contributed by atoms with van der Waals surface area (Å²) in [6, 6.07) is 6.17. The van der Waals surface area contributed by atoms with Crippen LogP contribution in [0.3, 0.4) is 0 Å². The number of thioether (sulfide) groups is 1. The zero-order valence-electron chi connectivity index (χ0n) is 11.3. The van der Waals surface area contributed by atoms with Crippen molar-refractivity contribution in [3.05, 3.63) is 34.9 Å². The van der Waals surface area contributed by atoms with Crippen LogP contribution in [0.15, 0.2) is 38.8 Å². The van der Waals surface area contributed by atoms with Gasteiger partial charge in [0.1, 0.15) is 0 Å². The topological polar surface area (TPSA) is 38.0 Å². The fourth-order valence-corrected chi connectivity index (χ4v) is 3.84. The number of allylic oxidation sites excluding steroid dienone is 1. The molecular weight excluding hydrogens is 272 g/mol. The molecule has 0 radical (unpaired) electrons. The van der Waals surface area contributed by atoms with E-state index in [0.717, 1.165) is 40.5 Å². The van der Waals surface area contributed by atoms with E-state index in [1.165, 1.54) is 10.6 Å². The Hall–Kier alpha value is -1.88. The number of furan rings is 1. The molecule has 0 aliphatic carbocycles. The molecule has 0 unspecified atom stereocenters. The van der Waals surface area contributed by atoms with Gasteiger partial charge in [-0.1, -0.05) is 11.8 Å². The third-order valence-electron chi connectivity index (χ3n) is 3.66. The highest BCUT2D eigenvalue weighted by atomic mass is 32.2. The lowest BCUT2D eigenvalue weighted by Gasteiger charge is -2.17. The van der Waals surface area contributed by atoms with Crippen LogP contribution in [0.5, 0.6) is 5.75 Å². The summed E-state index contributed by atoms with van der Waals surface area (Å²) in [5, 5.41) is 2.18. The van der Waals surface area contributed by atoms with E-state index in [4.69, 9.17) is 9.15 Å². The molecule has 0 saturated heterocycles. The maximum Gasteiger partial charge on any atom is 0.175 e. The Kier molecular flexibility index (Phi) is 2.57. The summed E-state index contributed by atoms with van der Waals surface area (Å²) in [6.45, 7) is 3.98. The normalized spacial score (nSPS) is 17.9. The Bertz CT molecular complexity index is 760. The Labute approximate surface area is 121 Å². The number of hydrogen-bond acceptors (Lipinski definition) is 5. The molecule has 1 aromatic heterocycles. The summed E-state index contributed by atoms with van der Waals surface area (Å²) in [7, 11) is 1.68. The Balaban J connectivity index is 1.90. The number of methoxy groups -OCH3 is 1. The Morgan fingerprint density at radius 2 is 2.30 bits per heavy atom. The van der Waals surface area contributed by atoms with Gasteiger partial charge in [0.2, 0.25) is 0 Å². The smallest absolute Gasteiger partial charge is 0.175 e. The monoisotopic (exact) mass is 286 g/mol. The molecule has 0 bridgehead atoms.